The topological polar surface area (TPSA) is 25.3 Å². The molecule has 2 nitrogen and oxygen atoms in total. The van der Waals surface area contributed by atoms with E-state index in [1.165, 1.54) is 340 Å². The highest BCUT2D eigenvalue weighted by Crippen LogP contribution is 2.44. The van der Waals surface area contributed by atoms with Crippen LogP contribution >= 0.6 is 0 Å². The van der Waals surface area contributed by atoms with Crippen molar-refractivity contribution in [1.29, 1.82) is 0 Å². The van der Waals surface area contributed by atoms with E-state index < -0.39 is 0 Å². The van der Waals surface area contributed by atoms with Crippen LogP contribution in [0.2, 0.25) is 0 Å². The Morgan fingerprint density at radius 3 is 0.859 bits per heavy atom. The molecule has 0 atom stereocenters. The van der Waals surface area contributed by atoms with Crippen molar-refractivity contribution in [2.45, 2.75) is 375 Å². The molecule has 0 N–H and O–H groups in total. The van der Waals surface area contributed by atoms with Gasteiger partial charge in [0.1, 0.15) is 0 Å². The maximum absolute atomic E-state index is 13.1. The molecular formula is C76H130N2. The number of hydrogen-bond acceptors (Lipinski definition) is 0. The summed E-state index contributed by atoms with van der Waals surface area (Å²) < 4.78 is 1.70. The molecule has 0 spiro atoms. The van der Waals surface area contributed by atoms with E-state index in [0.29, 0.717) is 0 Å². The van der Waals surface area contributed by atoms with Crippen molar-refractivity contribution in [2.75, 3.05) is 0 Å². The Labute approximate surface area is 487 Å². The van der Waals surface area contributed by atoms with Crippen LogP contribution in [0, 0.1) is 0 Å². The molecule has 1 aliphatic heterocycles. The van der Waals surface area contributed by atoms with Gasteiger partial charge in [-0.3, -0.25) is 0 Å². The van der Waals surface area contributed by atoms with Gasteiger partial charge in [0.25, 0.3) is 0 Å². The highest BCUT2D eigenvalue weighted by Gasteiger charge is 2.35. The molecule has 0 aromatic heterocycles. The normalized spacial score (nSPS) is 13.0. The zero-order chi connectivity index (χ0) is 55.8. The van der Waals surface area contributed by atoms with E-state index in [1.54, 1.807) is 4.70 Å². The first-order valence-corrected chi connectivity index (χ1v) is 35.4. The van der Waals surface area contributed by atoms with E-state index >= 15 is 0 Å². The Hall–Kier alpha value is -2.74. The van der Waals surface area contributed by atoms with Crippen LogP contribution < -0.4 is 0 Å². The number of benzene rings is 2. The molecule has 0 radical (unpaired) electrons. The smallest absolute Gasteiger partial charge is 0.215 e. The van der Waals surface area contributed by atoms with Gasteiger partial charge in [0.05, 0.1) is 5.57 Å². The van der Waals surface area contributed by atoms with Gasteiger partial charge < -0.3 is 5.53 Å². The summed E-state index contributed by atoms with van der Waals surface area (Å²) in [6.45, 7) is 13.9. The number of allylic oxidation sites excluding steroid dienone is 4. The van der Waals surface area contributed by atoms with E-state index in [2.05, 4.69) is 90.1 Å². The third-order valence-corrected chi connectivity index (χ3v) is 17.5. The highest BCUT2D eigenvalue weighted by atomic mass is 15.2. The lowest BCUT2D eigenvalue weighted by Crippen LogP contribution is -2.05. The molecule has 3 rings (SSSR count). The van der Waals surface area contributed by atoms with Gasteiger partial charge in [-0.1, -0.05) is 323 Å². The molecule has 0 saturated heterocycles. The molecular weight excluding hydrogens is 941 g/mol. The highest BCUT2D eigenvalue weighted by molar-refractivity contribution is 5.84. The largest absolute Gasteiger partial charge is 0.493 e. The molecule has 78 heavy (non-hydrogen) atoms. The second-order valence-electron chi connectivity index (χ2n) is 25.1. The molecule has 444 valence electrons. The summed E-state index contributed by atoms with van der Waals surface area (Å²) in [6, 6.07) is 14.9. The fourth-order valence-corrected chi connectivity index (χ4v) is 12.5. The summed E-state index contributed by atoms with van der Waals surface area (Å²) in [5.74, 6) is 0. The first kappa shape index (κ1) is 69.5. The number of nitrogens with zero attached hydrogens (tertiary/aromatic N) is 2. The molecule has 1 aliphatic rings. The number of hydrogen-bond donors (Lipinski definition) is 0. The van der Waals surface area contributed by atoms with Crippen molar-refractivity contribution in [1.82, 2.24) is 0 Å². The van der Waals surface area contributed by atoms with Crippen LogP contribution in [0.15, 0.2) is 59.7 Å². The first-order chi connectivity index (χ1) is 38.5. The van der Waals surface area contributed by atoms with Crippen LogP contribution in [0.4, 0.5) is 0 Å². The van der Waals surface area contributed by atoms with E-state index in [4.69, 9.17) is 0 Å². The van der Waals surface area contributed by atoms with E-state index in [9.17, 15) is 5.53 Å². The quantitative estimate of drug-likeness (QED) is 0.0466. The monoisotopic (exact) mass is 1070 g/mol. The van der Waals surface area contributed by atoms with Crippen molar-refractivity contribution in [3.8, 4) is 0 Å². The average Bonchev–Trinajstić information content (AvgIpc) is 3.83. The Balaban J connectivity index is 1.73. The molecule has 2 aromatic carbocycles. The van der Waals surface area contributed by atoms with E-state index in [0.717, 1.165) is 49.9 Å². The third kappa shape index (κ3) is 32.0. The molecule has 0 fully saturated rings. The van der Waals surface area contributed by atoms with Crippen molar-refractivity contribution >= 4 is 11.4 Å². The van der Waals surface area contributed by atoms with Crippen LogP contribution in [0.3, 0.4) is 0 Å². The average molecular weight is 1070 g/mol. The molecule has 0 bridgehead atoms. The summed E-state index contributed by atoms with van der Waals surface area (Å²) in [6.07, 6.45) is 74.1. The van der Waals surface area contributed by atoms with Gasteiger partial charge in [0.15, 0.2) is 0 Å². The van der Waals surface area contributed by atoms with Gasteiger partial charge in [0.2, 0.25) is 11.4 Å². The Morgan fingerprint density at radius 1 is 0.282 bits per heavy atom. The second-order valence-corrected chi connectivity index (χ2v) is 25.1. The first-order valence-electron chi connectivity index (χ1n) is 35.4. The van der Waals surface area contributed by atoms with Crippen molar-refractivity contribution in [2.24, 2.45) is 0 Å². The van der Waals surface area contributed by atoms with Crippen molar-refractivity contribution < 1.29 is 4.70 Å². The Kier molecular flexibility index (Phi) is 43.6. The molecule has 0 aliphatic carbocycles. The van der Waals surface area contributed by atoms with E-state index in [-0.39, 0.29) is 0 Å². The fraction of sp³-hybridized carbons (Fsp3) is 0.763. The van der Waals surface area contributed by atoms with Crippen LogP contribution in [-0.4, -0.2) is 4.70 Å². The zero-order valence-electron chi connectivity index (χ0n) is 53.3. The van der Waals surface area contributed by atoms with Crippen LogP contribution in [-0.2, 0) is 25.7 Å². The minimum absolute atomic E-state index is 1.01. The zero-order valence-corrected chi connectivity index (χ0v) is 53.3. The number of unbranched alkanes of at least 4 members (excludes halogenated alkanes) is 41. The SMILES string of the molecule is CCCCCCCCCCCCCCCCCCCCCCCCCCC=CC1=C(c2cc(CCCC)cc(CCCC)c2)[N+](=[N-])C(c2cc(CCCCCCCC)cc(CCCCCCCC)c2)=C1CCCCCCCC. The van der Waals surface area contributed by atoms with Crippen LogP contribution in [0.5, 0.6) is 0 Å². The number of aryl methyl sites for hydroxylation is 4. The Bertz CT molecular complexity index is 1800. The molecule has 0 amide bonds. The lowest BCUT2D eigenvalue weighted by Gasteiger charge is -2.15. The standard InChI is InChI=1S/C76H130N2/c1-7-13-19-23-27-28-29-30-31-32-33-34-35-36-37-38-39-40-41-42-43-44-45-46-50-54-60-74-73(59-53-49-26-22-16-10-4)76(78(77)75(74)71-63-67(55-17-11-5)61-68(64-71)56-18-12-6)72-65-69(57-51-47-24-20-14-8-2)62-70(66-72)58-52-48-25-21-15-9-3/h54,60-66H,7-53,55-59H2,1-6H3. The lowest BCUT2D eigenvalue weighted by molar-refractivity contribution is -0.345. The van der Waals surface area contributed by atoms with Gasteiger partial charge in [0, 0.05) is 16.7 Å². The minimum Gasteiger partial charge on any atom is -0.493 e. The van der Waals surface area contributed by atoms with Gasteiger partial charge in [-0.05, 0) is 124 Å². The summed E-state index contributed by atoms with van der Waals surface area (Å²) in [7, 11) is 0. The molecule has 2 heteroatoms. The molecule has 2 aromatic rings. The third-order valence-electron chi connectivity index (χ3n) is 17.5. The van der Waals surface area contributed by atoms with Crippen LogP contribution in [0.1, 0.15) is 383 Å². The summed E-state index contributed by atoms with van der Waals surface area (Å²) in [5.41, 5.74) is 26.0. The molecule has 0 saturated carbocycles. The summed E-state index contributed by atoms with van der Waals surface area (Å²) in [5, 5.41) is 0. The van der Waals surface area contributed by atoms with Crippen molar-refractivity contribution in [3.63, 3.8) is 0 Å². The summed E-state index contributed by atoms with van der Waals surface area (Å²) in [4.78, 5) is 0. The fourth-order valence-electron chi connectivity index (χ4n) is 12.5. The Morgan fingerprint density at radius 2 is 0.538 bits per heavy atom. The molecule has 0 unspecified atom stereocenters. The maximum atomic E-state index is 13.1. The number of rotatable bonds is 55. The predicted molar refractivity (Wildman–Crippen MR) is 350 cm³/mol. The molecule has 1 heterocycles. The van der Waals surface area contributed by atoms with Crippen LogP contribution in [0.25, 0.3) is 16.9 Å². The second kappa shape index (κ2) is 48.9. The van der Waals surface area contributed by atoms with Gasteiger partial charge in [-0.2, -0.15) is 0 Å². The summed E-state index contributed by atoms with van der Waals surface area (Å²) >= 11 is 0. The van der Waals surface area contributed by atoms with Gasteiger partial charge in [-0.25, -0.2) is 4.70 Å². The predicted octanol–water partition coefficient (Wildman–Crippen LogP) is 26.4. The lowest BCUT2D eigenvalue weighted by atomic mass is 9.91. The van der Waals surface area contributed by atoms with Gasteiger partial charge in [-0.15, -0.1) is 0 Å². The maximum Gasteiger partial charge on any atom is 0.215 e. The van der Waals surface area contributed by atoms with E-state index in [1.807, 2.05) is 0 Å². The van der Waals surface area contributed by atoms with Crippen molar-refractivity contribution in [3.05, 3.63) is 98.6 Å². The van der Waals surface area contributed by atoms with Gasteiger partial charge >= 0.3 is 0 Å². The minimum atomic E-state index is 1.01.